The van der Waals surface area contributed by atoms with E-state index in [1.165, 1.54) is 6.08 Å². The van der Waals surface area contributed by atoms with Crippen molar-refractivity contribution in [2.75, 3.05) is 13.2 Å². The Morgan fingerprint density at radius 3 is 2.50 bits per heavy atom. The van der Waals surface area contributed by atoms with Crippen LogP contribution >= 0.6 is 0 Å². The molecule has 5 nitrogen and oxygen atoms in total. The summed E-state index contributed by atoms with van der Waals surface area (Å²) in [5, 5.41) is 0. The lowest BCUT2D eigenvalue weighted by molar-refractivity contribution is -0.265. The SMILES string of the molecule is C=CCOOC(=O)CCC(=O)OCC. The van der Waals surface area contributed by atoms with Crippen LogP contribution in [0, 0.1) is 0 Å². The highest BCUT2D eigenvalue weighted by molar-refractivity contribution is 5.77. The van der Waals surface area contributed by atoms with Gasteiger partial charge < -0.3 is 4.74 Å². The first-order valence-electron chi connectivity index (χ1n) is 4.29. The molecule has 0 N–H and O–H groups in total. The van der Waals surface area contributed by atoms with E-state index < -0.39 is 11.9 Å². The third kappa shape index (κ3) is 7.30. The van der Waals surface area contributed by atoms with Gasteiger partial charge in [0.1, 0.15) is 6.61 Å². The molecule has 0 aromatic heterocycles. The van der Waals surface area contributed by atoms with Crippen LogP contribution in [0.15, 0.2) is 12.7 Å². The molecule has 0 fully saturated rings. The van der Waals surface area contributed by atoms with Crippen LogP contribution in [0.3, 0.4) is 0 Å². The number of hydrogen-bond acceptors (Lipinski definition) is 5. The number of esters is 1. The topological polar surface area (TPSA) is 61.8 Å². The van der Waals surface area contributed by atoms with Gasteiger partial charge in [-0.3, -0.25) is 9.68 Å². The van der Waals surface area contributed by atoms with Crippen LogP contribution in [0.1, 0.15) is 19.8 Å². The van der Waals surface area contributed by atoms with E-state index in [0.717, 1.165) is 0 Å². The lowest BCUT2D eigenvalue weighted by Crippen LogP contribution is -2.10. The van der Waals surface area contributed by atoms with Gasteiger partial charge in [0.15, 0.2) is 0 Å². The van der Waals surface area contributed by atoms with Gasteiger partial charge in [0, 0.05) is 0 Å². The molecule has 0 aromatic carbocycles. The largest absolute Gasteiger partial charge is 0.466 e. The average Bonchev–Trinajstić information content (AvgIpc) is 2.16. The number of carbonyl (C=O) groups is 2. The Bertz CT molecular complexity index is 199. The molecule has 80 valence electrons. The zero-order valence-corrected chi connectivity index (χ0v) is 8.15. The molecule has 5 heteroatoms. The summed E-state index contributed by atoms with van der Waals surface area (Å²) in [4.78, 5) is 30.3. The maximum absolute atomic E-state index is 10.8. The molecule has 0 unspecified atom stereocenters. The van der Waals surface area contributed by atoms with Gasteiger partial charge in [-0.15, -0.1) is 6.58 Å². The maximum atomic E-state index is 10.8. The van der Waals surface area contributed by atoms with Gasteiger partial charge in [-0.2, -0.15) is 4.89 Å². The lowest BCUT2D eigenvalue weighted by atomic mass is 10.3. The molecule has 0 aromatic rings. The lowest BCUT2D eigenvalue weighted by Gasteiger charge is -2.01. The number of carbonyl (C=O) groups excluding carboxylic acids is 2. The molecule has 0 radical (unpaired) electrons. The van der Waals surface area contributed by atoms with Crippen LogP contribution in [0.2, 0.25) is 0 Å². The van der Waals surface area contributed by atoms with E-state index in [1.807, 2.05) is 0 Å². The summed E-state index contributed by atoms with van der Waals surface area (Å²) in [5.74, 6) is -1.02. The molecule has 0 spiro atoms. The fourth-order valence-corrected chi connectivity index (χ4v) is 0.627. The van der Waals surface area contributed by atoms with E-state index in [1.54, 1.807) is 6.92 Å². The Kier molecular flexibility index (Phi) is 7.45. The van der Waals surface area contributed by atoms with E-state index >= 15 is 0 Å². The molecule has 0 heterocycles. The molecule has 14 heavy (non-hydrogen) atoms. The molecule has 0 aliphatic rings. The molecule has 0 amide bonds. The normalized spacial score (nSPS) is 9.21. The first-order valence-corrected chi connectivity index (χ1v) is 4.29. The molecule has 0 bridgehead atoms. The maximum Gasteiger partial charge on any atom is 0.342 e. The van der Waals surface area contributed by atoms with Crippen LogP contribution in [-0.4, -0.2) is 25.2 Å². The molecule has 0 saturated carbocycles. The molecular weight excluding hydrogens is 188 g/mol. The van der Waals surface area contributed by atoms with Crippen molar-refractivity contribution in [1.29, 1.82) is 0 Å². The molecule has 0 aliphatic carbocycles. The van der Waals surface area contributed by atoms with Crippen LogP contribution < -0.4 is 0 Å². The highest BCUT2D eigenvalue weighted by Gasteiger charge is 2.08. The van der Waals surface area contributed by atoms with Gasteiger partial charge >= 0.3 is 11.9 Å². The minimum Gasteiger partial charge on any atom is -0.466 e. The van der Waals surface area contributed by atoms with E-state index in [0.29, 0.717) is 6.61 Å². The van der Waals surface area contributed by atoms with E-state index in [4.69, 9.17) is 0 Å². The van der Waals surface area contributed by atoms with Crippen molar-refractivity contribution in [3.05, 3.63) is 12.7 Å². The highest BCUT2D eigenvalue weighted by Crippen LogP contribution is 1.96. The molecule has 0 aliphatic heterocycles. The van der Waals surface area contributed by atoms with Gasteiger partial charge in [-0.25, -0.2) is 4.79 Å². The van der Waals surface area contributed by atoms with Crippen LogP contribution in [0.5, 0.6) is 0 Å². The fourth-order valence-electron chi connectivity index (χ4n) is 0.627. The second-order valence-electron chi connectivity index (χ2n) is 2.33. The van der Waals surface area contributed by atoms with Crippen LogP contribution in [0.25, 0.3) is 0 Å². The monoisotopic (exact) mass is 202 g/mol. The van der Waals surface area contributed by atoms with Crippen molar-refractivity contribution in [2.24, 2.45) is 0 Å². The van der Waals surface area contributed by atoms with E-state index in [-0.39, 0.29) is 19.4 Å². The Morgan fingerprint density at radius 1 is 1.29 bits per heavy atom. The Balaban J connectivity index is 3.43. The number of hydrogen-bond donors (Lipinski definition) is 0. The van der Waals surface area contributed by atoms with E-state index in [9.17, 15) is 9.59 Å². The zero-order valence-electron chi connectivity index (χ0n) is 8.15. The van der Waals surface area contributed by atoms with Crippen LogP contribution in [0.4, 0.5) is 0 Å². The van der Waals surface area contributed by atoms with Crippen molar-refractivity contribution in [3.63, 3.8) is 0 Å². The second-order valence-corrected chi connectivity index (χ2v) is 2.33. The van der Waals surface area contributed by atoms with Crippen LogP contribution in [-0.2, 0) is 24.1 Å². The second kappa shape index (κ2) is 8.25. The van der Waals surface area contributed by atoms with E-state index in [2.05, 4.69) is 21.1 Å². The summed E-state index contributed by atoms with van der Waals surface area (Å²) in [6.45, 7) is 5.50. The van der Waals surface area contributed by atoms with Crippen molar-refractivity contribution in [3.8, 4) is 0 Å². The average molecular weight is 202 g/mol. The first-order chi connectivity index (χ1) is 6.70. The minimum atomic E-state index is -0.597. The molecule has 0 rings (SSSR count). The standard InChI is InChI=1S/C9H14O5/c1-3-7-13-14-9(11)6-5-8(10)12-4-2/h3H,1,4-7H2,2H3. The molecular formula is C9H14O5. The molecule has 0 atom stereocenters. The molecule has 0 saturated heterocycles. The van der Waals surface area contributed by atoms with Gasteiger partial charge in [0.05, 0.1) is 19.4 Å². The fraction of sp³-hybridized carbons (Fsp3) is 0.556. The van der Waals surface area contributed by atoms with Crippen molar-refractivity contribution >= 4 is 11.9 Å². The number of rotatable bonds is 7. The predicted octanol–water partition coefficient (Wildman–Crippen LogP) is 0.990. The third-order valence-electron chi connectivity index (χ3n) is 1.18. The summed E-state index contributed by atoms with van der Waals surface area (Å²) in [6, 6.07) is 0. The Hall–Kier alpha value is -1.36. The summed E-state index contributed by atoms with van der Waals surface area (Å²) in [6.07, 6.45) is 1.40. The number of ether oxygens (including phenoxy) is 1. The van der Waals surface area contributed by atoms with Crippen molar-refractivity contribution in [1.82, 2.24) is 0 Å². The van der Waals surface area contributed by atoms with Gasteiger partial charge in [-0.05, 0) is 6.92 Å². The smallest absolute Gasteiger partial charge is 0.342 e. The Morgan fingerprint density at radius 2 is 1.93 bits per heavy atom. The minimum absolute atomic E-state index is 0.00409. The Labute approximate surface area is 82.6 Å². The quantitative estimate of drug-likeness (QED) is 0.202. The summed E-state index contributed by atoms with van der Waals surface area (Å²) >= 11 is 0. The predicted molar refractivity (Wildman–Crippen MR) is 48.1 cm³/mol. The summed E-state index contributed by atoms with van der Waals surface area (Å²) in [5.41, 5.74) is 0. The first kappa shape index (κ1) is 12.6. The van der Waals surface area contributed by atoms with Crippen molar-refractivity contribution in [2.45, 2.75) is 19.8 Å². The van der Waals surface area contributed by atoms with Gasteiger partial charge in [0.2, 0.25) is 0 Å². The van der Waals surface area contributed by atoms with Gasteiger partial charge in [-0.1, -0.05) is 6.08 Å². The summed E-state index contributed by atoms with van der Waals surface area (Å²) in [7, 11) is 0. The highest BCUT2D eigenvalue weighted by atomic mass is 17.2. The van der Waals surface area contributed by atoms with Gasteiger partial charge in [0.25, 0.3) is 0 Å². The third-order valence-corrected chi connectivity index (χ3v) is 1.18. The zero-order chi connectivity index (χ0) is 10.8. The van der Waals surface area contributed by atoms with Crippen molar-refractivity contribution < 1.29 is 24.1 Å². The summed E-state index contributed by atoms with van der Waals surface area (Å²) < 4.78 is 4.61.